The number of rotatable bonds is 3. The van der Waals surface area contributed by atoms with E-state index in [1.54, 1.807) is 4.90 Å². The molecule has 7 heteroatoms. The summed E-state index contributed by atoms with van der Waals surface area (Å²) in [6, 6.07) is 12.3. The minimum Gasteiger partial charge on any atom is -0.438 e. The maximum absolute atomic E-state index is 12.6. The van der Waals surface area contributed by atoms with Crippen molar-refractivity contribution in [3.8, 4) is 0 Å². The van der Waals surface area contributed by atoms with Gasteiger partial charge in [0.25, 0.3) is 15.9 Å². The van der Waals surface area contributed by atoms with E-state index in [0.29, 0.717) is 6.54 Å². The monoisotopic (exact) mass is 320 g/mol. The maximum atomic E-state index is 12.6. The topological polar surface area (TPSA) is 93.6 Å². The number of sulfonamides is 1. The van der Waals surface area contributed by atoms with E-state index in [9.17, 15) is 13.2 Å². The van der Waals surface area contributed by atoms with Gasteiger partial charge in [-0.15, -0.1) is 0 Å². The molecular formula is C15H16N2O4S. The number of amides is 1. The van der Waals surface area contributed by atoms with E-state index in [0.717, 1.165) is 18.4 Å². The highest BCUT2D eigenvalue weighted by molar-refractivity contribution is 7.89. The standard InChI is InChI=1S/C15H16N2O4S/c16-22(19,20)14-9-8-13(21-14)15(18)17-10-4-7-12(17)11-5-2-1-3-6-11/h1-3,5-6,8-9,12H,4,7,10H2,(H2,16,19,20)/t12-/m0/s1. The number of nitrogens with zero attached hydrogens (tertiary/aromatic N) is 1. The molecule has 6 nitrogen and oxygen atoms in total. The lowest BCUT2D eigenvalue weighted by molar-refractivity contribution is 0.0697. The number of benzene rings is 1. The zero-order valence-electron chi connectivity index (χ0n) is 11.8. The molecule has 2 aromatic rings. The molecule has 22 heavy (non-hydrogen) atoms. The van der Waals surface area contributed by atoms with Gasteiger partial charge >= 0.3 is 0 Å². The molecule has 1 aromatic carbocycles. The first-order chi connectivity index (χ1) is 10.5. The van der Waals surface area contributed by atoms with E-state index in [1.165, 1.54) is 12.1 Å². The fourth-order valence-corrected chi connectivity index (χ4v) is 3.22. The van der Waals surface area contributed by atoms with Gasteiger partial charge in [0.05, 0.1) is 6.04 Å². The van der Waals surface area contributed by atoms with Gasteiger partial charge in [-0.25, -0.2) is 13.6 Å². The average Bonchev–Trinajstić information content (AvgIpc) is 3.16. The van der Waals surface area contributed by atoms with Crippen LogP contribution in [0.25, 0.3) is 0 Å². The molecule has 0 unspecified atom stereocenters. The minimum absolute atomic E-state index is 0.00754. The lowest BCUT2D eigenvalue weighted by Gasteiger charge is -2.24. The Bertz CT molecular complexity index is 783. The molecule has 0 bridgehead atoms. The summed E-state index contributed by atoms with van der Waals surface area (Å²) in [4.78, 5) is 14.3. The summed E-state index contributed by atoms with van der Waals surface area (Å²) in [5.74, 6) is -0.326. The van der Waals surface area contributed by atoms with Crippen LogP contribution < -0.4 is 5.14 Å². The molecule has 1 aliphatic heterocycles. The van der Waals surface area contributed by atoms with Crippen molar-refractivity contribution >= 4 is 15.9 Å². The second-order valence-corrected chi connectivity index (χ2v) is 6.72. The van der Waals surface area contributed by atoms with Crippen LogP contribution in [0.2, 0.25) is 0 Å². The highest BCUT2D eigenvalue weighted by Gasteiger charge is 2.32. The Balaban J connectivity index is 1.87. The zero-order valence-corrected chi connectivity index (χ0v) is 12.6. The lowest BCUT2D eigenvalue weighted by atomic mass is 10.0. The van der Waals surface area contributed by atoms with Crippen LogP contribution in [0.15, 0.2) is 52.0 Å². The first-order valence-electron chi connectivity index (χ1n) is 6.95. The van der Waals surface area contributed by atoms with E-state index >= 15 is 0 Å². The highest BCUT2D eigenvalue weighted by atomic mass is 32.2. The number of nitrogens with two attached hydrogens (primary N) is 1. The Kier molecular flexibility index (Phi) is 3.76. The summed E-state index contributed by atoms with van der Waals surface area (Å²) in [6.45, 7) is 0.615. The van der Waals surface area contributed by atoms with Gasteiger partial charge < -0.3 is 9.32 Å². The van der Waals surface area contributed by atoms with Gasteiger partial charge in [0.15, 0.2) is 5.76 Å². The van der Waals surface area contributed by atoms with Gasteiger partial charge in [0.2, 0.25) is 5.09 Å². The van der Waals surface area contributed by atoms with E-state index < -0.39 is 15.1 Å². The number of likely N-dealkylation sites (tertiary alicyclic amines) is 1. The molecule has 1 atom stereocenters. The van der Waals surface area contributed by atoms with Gasteiger partial charge in [0, 0.05) is 6.54 Å². The van der Waals surface area contributed by atoms with Crippen LogP contribution in [0, 0.1) is 0 Å². The van der Waals surface area contributed by atoms with Crippen LogP contribution in [0.5, 0.6) is 0 Å². The van der Waals surface area contributed by atoms with Crippen LogP contribution >= 0.6 is 0 Å². The molecular weight excluding hydrogens is 304 g/mol. The molecule has 1 amide bonds. The summed E-state index contributed by atoms with van der Waals surface area (Å²) in [5, 5.41) is 4.60. The third-order valence-electron chi connectivity index (χ3n) is 3.77. The Labute approximate surface area is 128 Å². The number of hydrogen-bond donors (Lipinski definition) is 1. The fraction of sp³-hybridized carbons (Fsp3) is 0.267. The number of primary sulfonamides is 1. The Morgan fingerprint density at radius 3 is 2.55 bits per heavy atom. The van der Waals surface area contributed by atoms with Crippen molar-refractivity contribution in [3.05, 3.63) is 53.8 Å². The number of hydrogen-bond acceptors (Lipinski definition) is 4. The molecule has 0 aliphatic carbocycles. The van der Waals surface area contributed by atoms with Crippen LogP contribution in [0.4, 0.5) is 0 Å². The van der Waals surface area contributed by atoms with E-state index in [4.69, 9.17) is 9.56 Å². The molecule has 2 heterocycles. The van der Waals surface area contributed by atoms with Crippen molar-refractivity contribution in [2.45, 2.75) is 24.0 Å². The van der Waals surface area contributed by atoms with Gasteiger partial charge in [-0.05, 0) is 30.5 Å². The van der Waals surface area contributed by atoms with Crippen LogP contribution in [0.3, 0.4) is 0 Å². The third kappa shape index (κ3) is 2.77. The van der Waals surface area contributed by atoms with Crippen molar-refractivity contribution in [1.29, 1.82) is 0 Å². The largest absolute Gasteiger partial charge is 0.438 e. The first kappa shape index (κ1) is 14.8. The molecule has 2 N–H and O–H groups in total. The second kappa shape index (κ2) is 5.58. The third-order valence-corrected chi connectivity index (χ3v) is 4.55. The normalized spacial score (nSPS) is 18.6. The molecule has 116 valence electrons. The highest BCUT2D eigenvalue weighted by Crippen LogP contribution is 2.33. The predicted octanol–water partition coefficient (Wildman–Crippen LogP) is 1.90. The van der Waals surface area contributed by atoms with Crippen molar-refractivity contribution in [2.75, 3.05) is 6.54 Å². The fourth-order valence-electron chi connectivity index (χ4n) is 2.76. The van der Waals surface area contributed by atoms with Gasteiger partial charge in [-0.2, -0.15) is 0 Å². The van der Waals surface area contributed by atoms with Crippen molar-refractivity contribution in [2.24, 2.45) is 5.14 Å². The van der Waals surface area contributed by atoms with Crippen LogP contribution in [-0.2, 0) is 10.0 Å². The van der Waals surface area contributed by atoms with Gasteiger partial charge in [-0.3, -0.25) is 4.79 Å². The summed E-state index contributed by atoms with van der Waals surface area (Å²) in [7, 11) is -3.94. The second-order valence-electron chi connectivity index (χ2n) is 5.23. The first-order valence-corrected chi connectivity index (χ1v) is 8.50. The minimum atomic E-state index is -3.94. The smallest absolute Gasteiger partial charge is 0.290 e. The SMILES string of the molecule is NS(=O)(=O)c1ccc(C(=O)N2CCC[C@H]2c2ccccc2)o1. The summed E-state index contributed by atoms with van der Waals surface area (Å²) >= 11 is 0. The van der Waals surface area contributed by atoms with E-state index in [2.05, 4.69) is 0 Å². The average molecular weight is 320 g/mol. The van der Waals surface area contributed by atoms with Crippen molar-refractivity contribution < 1.29 is 17.6 Å². The summed E-state index contributed by atoms with van der Waals surface area (Å²) in [5.41, 5.74) is 1.06. The maximum Gasteiger partial charge on any atom is 0.290 e. The Hall–Kier alpha value is -2.12. The van der Waals surface area contributed by atoms with E-state index in [1.807, 2.05) is 30.3 Å². The van der Waals surface area contributed by atoms with Crippen molar-refractivity contribution in [1.82, 2.24) is 4.90 Å². The quantitative estimate of drug-likeness (QED) is 0.934. The lowest BCUT2D eigenvalue weighted by Crippen LogP contribution is -2.30. The zero-order chi connectivity index (χ0) is 15.7. The predicted molar refractivity (Wildman–Crippen MR) is 79.5 cm³/mol. The van der Waals surface area contributed by atoms with Gasteiger partial charge in [-0.1, -0.05) is 30.3 Å². The molecule has 0 radical (unpaired) electrons. The van der Waals surface area contributed by atoms with Crippen LogP contribution in [0.1, 0.15) is 35.0 Å². The number of carbonyl (C=O) groups is 1. The molecule has 3 rings (SSSR count). The Morgan fingerprint density at radius 2 is 1.91 bits per heavy atom. The van der Waals surface area contributed by atoms with E-state index in [-0.39, 0.29) is 17.7 Å². The molecule has 0 saturated carbocycles. The van der Waals surface area contributed by atoms with Gasteiger partial charge in [0.1, 0.15) is 0 Å². The molecule has 1 saturated heterocycles. The van der Waals surface area contributed by atoms with Crippen molar-refractivity contribution in [3.63, 3.8) is 0 Å². The Morgan fingerprint density at radius 1 is 1.18 bits per heavy atom. The molecule has 1 aromatic heterocycles. The molecule has 1 fully saturated rings. The van der Waals surface area contributed by atoms with Crippen LogP contribution in [-0.4, -0.2) is 25.8 Å². The number of carbonyl (C=O) groups excluding carboxylic acids is 1. The molecule has 1 aliphatic rings. The molecule has 0 spiro atoms. The summed E-state index contributed by atoms with van der Waals surface area (Å²) < 4.78 is 27.6. The number of furan rings is 1. The summed E-state index contributed by atoms with van der Waals surface area (Å²) in [6.07, 6.45) is 1.77.